The van der Waals surface area contributed by atoms with Gasteiger partial charge in [-0.2, -0.15) is 0 Å². The molecule has 1 atom stereocenters. The van der Waals surface area contributed by atoms with E-state index >= 15 is 0 Å². The van der Waals surface area contributed by atoms with E-state index in [2.05, 4.69) is 10.6 Å². The van der Waals surface area contributed by atoms with Crippen LogP contribution < -0.4 is 15.4 Å². The number of hydrogen-bond donors (Lipinski definition) is 2. The molecule has 5 heteroatoms. The lowest BCUT2D eigenvalue weighted by molar-refractivity contribution is -0.123. The first-order valence-corrected chi connectivity index (χ1v) is 10.0. The SMILES string of the molecule is Cc1ccc(C(NC(=O)COc2ccc3c(c2)CCC(=O)N3)c2ccccc2)cc1. The van der Waals surface area contributed by atoms with Gasteiger partial charge in [0.2, 0.25) is 5.91 Å². The summed E-state index contributed by atoms with van der Waals surface area (Å²) in [5.41, 5.74) is 5.04. The number of nitrogens with one attached hydrogen (secondary N) is 2. The molecule has 0 radical (unpaired) electrons. The van der Waals surface area contributed by atoms with Gasteiger partial charge in [0.05, 0.1) is 6.04 Å². The molecule has 152 valence electrons. The van der Waals surface area contributed by atoms with Gasteiger partial charge < -0.3 is 15.4 Å². The van der Waals surface area contributed by atoms with Gasteiger partial charge in [0.1, 0.15) is 5.75 Å². The minimum absolute atomic E-state index is 0.0265. The fourth-order valence-corrected chi connectivity index (χ4v) is 3.56. The number of fused-ring (bicyclic) bond motifs is 1. The van der Waals surface area contributed by atoms with Crippen molar-refractivity contribution in [3.63, 3.8) is 0 Å². The Kier molecular flexibility index (Phi) is 5.80. The molecule has 0 fully saturated rings. The summed E-state index contributed by atoms with van der Waals surface area (Å²) in [5.74, 6) is 0.445. The van der Waals surface area contributed by atoms with E-state index in [0.717, 1.165) is 22.4 Å². The zero-order chi connectivity index (χ0) is 20.9. The average molecular weight is 400 g/mol. The van der Waals surface area contributed by atoms with Crippen LogP contribution >= 0.6 is 0 Å². The maximum Gasteiger partial charge on any atom is 0.258 e. The van der Waals surface area contributed by atoms with Crippen molar-refractivity contribution in [3.05, 3.63) is 95.1 Å². The Bertz CT molecular complexity index is 1050. The van der Waals surface area contributed by atoms with Crippen LogP contribution in [0.25, 0.3) is 0 Å². The Morgan fingerprint density at radius 1 is 1.00 bits per heavy atom. The predicted octanol–water partition coefficient (Wildman–Crippen LogP) is 4.16. The van der Waals surface area contributed by atoms with Gasteiger partial charge in [0, 0.05) is 12.1 Å². The number of anilines is 1. The fourth-order valence-electron chi connectivity index (χ4n) is 3.56. The van der Waals surface area contributed by atoms with E-state index in [0.29, 0.717) is 18.6 Å². The molecule has 1 aliphatic rings. The second kappa shape index (κ2) is 8.82. The summed E-state index contributed by atoms with van der Waals surface area (Å²) >= 11 is 0. The highest BCUT2D eigenvalue weighted by Gasteiger charge is 2.18. The highest BCUT2D eigenvalue weighted by Crippen LogP contribution is 2.27. The number of aryl methyl sites for hydroxylation is 2. The van der Waals surface area contributed by atoms with Crippen LogP contribution in [0.1, 0.15) is 34.7 Å². The highest BCUT2D eigenvalue weighted by atomic mass is 16.5. The minimum Gasteiger partial charge on any atom is -0.484 e. The molecule has 2 N–H and O–H groups in total. The second-order valence-electron chi connectivity index (χ2n) is 7.48. The van der Waals surface area contributed by atoms with Crippen molar-refractivity contribution < 1.29 is 14.3 Å². The minimum atomic E-state index is -0.248. The molecule has 0 saturated carbocycles. The van der Waals surface area contributed by atoms with E-state index in [-0.39, 0.29) is 24.5 Å². The van der Waals surface area contributed by atoms with Crippen molar-refractivity contribution in [1.82, 2.24) is 5.32 Å². The van der Waals surface area contributed by atoms with Crippen LogP contribution in [0.3, 0.4) is 0 Å². The summed E-state index contributed by atoms with van der Waals surface area (Å²) in [4.78, 5) is 24.2. The van der Waals surface area contributed by atoms with Gasteiger partial charge in [-0.15, -0.1) is 0 Å². The van der Waals surface area contributed by atoms with E-state index in [1.54, 1.807) is 6.07 Å². The van der Waals surface area contributed by atoms with Crippen molar-refractivity contribution in [3.8, 4) is 5.75 Å². The van der Waals surface area contributed by atoms with Crippen molar-refractivity contribution in [2.75, 3.05) is 11.9 Å². The molecule has 2 amide bonds. The summed E-state index contributed by atoms with van der Waals surface area (Å²) < 4.78 is 5.73. The Morgan fingerprint density at radius 3 is 2.50 bits per heavy atom. The maximum absolute atomic E-state index is 12.7. The molecular weight excluding hydrogens is 376 g/mol. The highest BCUT2D eigenvalue weighted by molar-refractivity contribution is 5.94. The van der Waals surface area contributed by atoms with Crippen LogP contribution in [0, 0.1) is 6.92 Å². The third-order valence-corrected chi connectivity index (χ3v) is 5.19. The third kappa shape index (κ3) is 4.69. The molecule has 30 heavy (non-hydrogen) atoms. The number of ether oxygens (including phenoxy) is 1. The molecule has 5 nitrogen and oxygen atoms in total. The Morgan fingerprint density at radius 2 is 1.73 bits per heavy atom. The lowest BCUT2D eigenvalue weighted by Gasteiger charge is -2.21. The Hall–Kier alpha value is -3.60. The summed E-state index contributed by atoms with van der Waals surface area (Å²) in [5, 5.41) is 5.93. The monoisotopic (exact) mass is 400 g/mol. The van der Waals surface area contributed by atoms with Crippen LogP contribution in [0.5, 0.6) is 5.75 Å². The van der Waals surface area contributed by atoms with Gasteiger partial charge in [-0.05, 0) is 48.2 Å². The normalized spacial score (nSPS) is 13.7. The molecule has 0 aromatic heterocycles. The van der Waals surface area contributed by atoms with Gasteiger partial charge in [0.25, 0.3) is 5.91 Å². The van der Waals surface area contributed by atoms with Crippen LogP contribution in [0.2, 0.25) is 0 Å². The van der Waals surface area contributed by atoms with Gasteiger partial charge in [0.15, 0.2) is 6.61 Å². The lowest BCUT2D eigenvalue weighted by atomic mass is 9.98. The first kappa shape index (κ1) is 19.7. The predicted molar refractivity (Wildman–Crippen MR) is 116 cm³/mol. The Balaban J connectivity index is 1.44. The van der Waals surface area contributed by atoms with E-state index in [1.807, 2.05) is 73.7 Å². The standard InChI is InChI=1S/C25H24N2O3/c1-17-7-9-19(10-8-17)25(18-5-3-2-4-6-18)27-24(29)16-30-21-12-13-22-20(15-21)11-14-23(28)26-22/h2-10,12-13,15,25H,11,14,16H2,1H3,(H,26,28)(H,27,29). The van der Waals surface area contributed by atoms with Gasteiger partial charge >= 0.3 is 0 Å². The van der Waals surface area contributed by atoms with E-state index < -0.39 is 0 Å². The van der Waals surface area contributed by atoms with Crippen molar-refractivity contribution in [1.29, 1.82) is 0 Å². The average Bonchev–Trinajstić information content (AvgIpc) is 2.77. The van der Waals surface area contributed by atoms with E-state index in [4.69, 9.17) is 4.74 Å². The van der Waals surface area contributed by atoms with E-state index in [1.165, 1.54) is 5.56 Å². The molecule has 1 aliphatic heterocycles. The van der Waals surface area contributed by atoms with Crippen LogP contribution in [0.15, 0.2) is 72.8 Å². The number of carbonyl (C=O) groups excluding carboxylic acids is 2. The largest absolute Gasteiger partial charge is 0.484 e. The second-order valence-corrected chi connectivity index (χ2v) is 7.48. The molecular formula is C25H24N2O3. The number of benzene rings is 3. The molecule has 0 spiro atoms. The number of carbonyl (C=O) groups is 2. The zero-order valence-corrected chi connectivity index (χ0v) is 16.9. The molecule has 0 bridgehead atoms. The van der Waals surface area contributed by atoms with Crippen LogP contribution in [-0.4, -0.2) is 18.4 Å². The molecule has 0 aliphatic carbocycles. The smallest absolute Gasteiger partial charge is 0.258 e. The molecule has 1 heterocycles. The first-order chi connectivity index (χ1) is 14.6. The summed E-state index contributed by atoms with van der Waals surface area (Å²) in [7, 11) is 0. The fraction of sp³-hybridized carbons (Fsp3) is 0.200. The zero-order valence-electron chi connectivity index (χ0n) is 16.9. The van der Waals surface area contributed by atoms with Crippen molar-refractivity contribution in [2.24, 2.45) is 0 Å². The third-order valence-electron chi connectivity index (χ3n) is 5.19. The quantitative estimate of drug-likeness (QED) is 0.653. The maximum atomic E-state index is 12.7. The van der Waals surface area contributed by atoms with E-state index in [9.17, 15) is 9.59 Å². The molecule has 0 saturated heterocycles. The van der Waals surface area contributed by atoms with Gasteiger partial charge in [-0.1, -0.05) is 60.2 Å². The number of rotatable bonds is 6. The number of amides is 2. The summed E-state index contributed by atoms with van der Waals surface area (Å²) in [6.07, 6.45) is 1.14. The lowest BCUT2D eigenvalue weighted by Crippen LogP contribution is -2.33. The summed E-state index contributed by atoms with van der Waals surface area (Å²) in [6, 6.07) is 23.3. The molecule has 4 rings (SSSR count). The van der Waals surface area contributed by atoms with Crippen LogP contribution in [0.4, 0.5) is 5.69 Å². The van der Waals surface area contributed by atoms with Crippen LogP contribution in [-0.2, 0) is 16.0 Å². The van der Waals surface area contributed by atoms with Gasteiger partial charge in [-0.25, -0.2) is 0 Å². The van der Waals surface area contributed by atoms with Crippen molar-refractivity contribution >= 4 is 17.5 Å². The summed E-state index contributed by atoms with van der Waals surface area (Å²) in [6.45, 7) is 1.96. The topological polar surface area (TPSA) is 67.4 Å². The van der Waals surface area contributed by atoms with Gasteiger partial charge in [-0.3, -0.25) is 9.59 Å². The number of hydrogen-bond acceptors (Lipinski definition) is 3. The molecule has 3 aromatic rings. The van der Waals surface area contributed by atoms with Crippen molar-refractivity contribution in [2.45, 2.75) is 25.8 Å². The Labute approximate surface area is 176 Å². The molecule has 1 unspecified atom stereocenters. The first-order valence-electron chi connectivity index (χ1n) is 10.0. The molecule has 3 aromatic carbocycles.